The van der Waals surface area contributed by atoms with E-state index in [9.17, 15) is 9.90 Å². The molecular formula is C10H23N3O2. The molecule has 0 radical (unpaired) electrons. The van der Waals surface area contributed by atoms with Gasteiger partial charge < -0.3 is 21.1 Å². The number of nitrogens with one attached hydrogen (secondary N) is 3. The Hall–Kier alpha value is -0.650. The van der Waals surface area contributed by atoms with E-state index in [4.69, 9.17) is 0 Å². The molecule has 0 rings (SSSR count). The van der Waals surface area contributed by atoms with Crippen molar-refractivity contribution in [3.8, 4) is 0 Å². The third-order valence-electron chi connectivity index (χ3n) is 2.04. The van der Waals surface area contributed by atoms with Gasteiger partial charge in [-0.1, -0.05) is 6.92 Å². The molecule has 0 aromatic carbocycles. The summed E-state index contributed by atoms with van der Waals surface area (Å²) in [4.78, 5) is 11.0. The molecule has 0 saturated heterocycles. The van der Waals surface area contributed by atoms with Gasteiger partial charge in [0.1, 0.15) is 0 Å². The zero-order valence-electron chi connectivity index (χ0n) is 9.68. The van der Waals surface area contributed by atoms with E-state index in [-0.39, 0.29) is 12.0 Å². The van der Waals surface area contributed by atoms with Crippen LogP contribution in [-0.2, 0) is 4.79 Å². The number of rotatable bonds is 9. The van der Waals surface area contributed by atoms with Gasteiger partial charge >= 0.3 is 0 Å². The average Bonchev–Trinajstić information content (AvgIpc) is 2.23. The summed E-state index contributed by atoms with van der Waals surface area (Å²) in [5.74, 6) is 0.0195. The number of hydrogen-bond acceptors (Lipinski definition) is 4. The fourth-order valence-corrected chi connectivity index (χ4v) is 1.08. The minimum Gasteiger partial charge on any atom is -0.392 e. The van der Waals surface area contributed by atoms with E-state index < -0.39 is 0 Å². The Kier molecular flexibility index (Phi) is 9.46. The topological polar surface area (TPSA) is 73.4 Å². The molecule has 0 bridgehead atoms. The Morgan fingerprint density at radius 3 is 2.73 bits per heavy atom. The van der Waals surface area contributed by atoms with Crippen molar-refractivity contribution in [1.29, 1.82) is 0 Å². The maximum Gasteiger partial charge on any atom is 0.233 e. The van der Waals surface area contributed by atoms with E-state index in [2.05, 4.69) is 16.0 Å². The van der Waals surface area contributed by atoms with Gasteiger partial charge in [-0.25, -0.2) is 0 Å². The zero-order valence-corrected chi connectivity index (χ0v) is 9.68. The lowest BCUT2D eigenvalue weighted by Gasteiger charge is -2.09. The first kappa shape index (κ1) is 14.3. The number of aliphatic hydroxyl groups excluding tert-OH is 1. The molecule has 0 fully saturated rings. The van der Waals surface area contributed by atoms with Gasteiger partial charge in [0.2, 0.25) is 5.91 Å². The highest BCUT2D eigenvalue weighted by molar-refractivity contribution is 5.77. The van der Waals surface area contributed by atoms with Crippen LogP contribution in [0.25, 0.3) is 0 Å². The van der Waals surface area contributed by atoms with E-state index in [0.29, 0.717) is 19.6 Å². The molecule has 0 aromatic heterocycles. The van der Waals surface area contributed by atoms with E-state index in [1.54, 1.807) is 7.05 Å². The van der Waals surface area contributed by atoms with Crippen LogP contribution in [0.3, 0.4) is 0 Å². The molecule has 0 aliphatic rings. The average molecular weight is 217 g/mol. The Morgan fingerprint density at radius 2 is 2.13 bits per heavy atom. The maximum absolute atomic E-state index is 11.0. The molecule has 0 aliphatic heterocycles. The summed E-state index contributed by atoms with van der Waals surface area (Å²) in [6, 6.07) is 0. The number of carbonyl (C=O) groups is 1. The summed E-state index contributed by atoms with van der Waals surface area (Å²) >= 11 is 0. The summed E-state index contributed by atoms with van der Waals surface area (Å²) in [5.41, 5.74) is 0. The van der Waals surface area contributed by atoms with Crippen molar-refractivity contribution in [1.82, 2.24) is 16.0 Å². The van der Waals surface area contributed by atoms with Crippen LogP contribution >= 0.6 is 0 Å². The molecule has 0 spiro atoms. The minimum atomic E-state index is -0.260. The van der Waals surface area contributed by atoms with Crippen LogP contribution in [0, 0.1) is 0 Å². The second-order valence-corrected chi connectivity index (χ2v) is 3.50. The minimum absolute atomic E-state index is 0.0195. The van der Waals surface area contributed by atoms with Crippen LogP contribution in [-0.4, -0.2) is 50.3 Å². The molecule has 0 aliphatic carbocycles. The molecule has 90 valence electrons. The van der Waals surface area contributed by atoms with Crippen molar-refractivity contribution in [2.24, 2.45) is 0 Å². The number of amides is 1. The van der Waals surface area contributed by atoms with Crippen LogP contribution in [0.1, 0.15) is 19.8 Å². The van der Waals surface area contributed by atoms with Crippen LogP contribution in [0.5, 0.6) is 0 Å². The van der Waals surface area contributed by atoms with Crippen molar-refractivity contribution in [2.45, 2.75) is 25.9 Å². The number of likely N-dealkylation sites (N-methyl/N-ethyl adjacent to an activating group) is 1. The van der Waals surface area contributed by atoms with E-state index >= 15 is 0 Å². The molecular weight excluding hydrogens is 194 g/mol. The van der Waals surface area contributed by atoms with Gasteiger partial charge in [0.15, 0.2) is 0 Å². The smallest absolute Gasteiger partial charge is 0.233 e. The lowest BCUT2D eigenvalue weighted by Crippen LogP contribution is -2.34. The molecule has 1 unspecified atom stereocenters. The standard InChI is InChI=1S/C10H23N3O2/c1-3-9(14)7-12-5-4-6-13-10(15)8-11-2/h9,11-12,14H,3-8H2,1-2H3,(H,13,15). The van der Waals surface area contributed by atoms with Crippen LogP contribution in [0.2, 0.25) is 0 Å². The Balaban J connectivity index is 3.14. The van der Waals surface area contributed by atoms with Crippen LogP contribution < -0.4 is 16.0 Å². The third kappa shape index (κ3) is 9.65. The fraction of sp³-hybridized carbons (Fsp3) is 0.900. The summed E-state index contributed by atoms with van der Waals surface area (Å²) in [7, 11) is 1.74. The fourth-order valence-electron chi connectivity index (χ4n) is 1.08. The Bertz CT molecular complexity index is 165. The van der Waals surface area contributed by atoms with Gasteiger partial charge in [0.05, 0.1) is 12.6 Å². The van der Waals surface area contributed by atoms with Crippen molar-refractivity contribution >= 4 is 5.91 Å². The third-order valence-corrected chi connectivity index (χ3v) is 2.04. The molecule has 15 heavy (non-hydrogen) atoms. The van der Waals surface area contributed by atoms with Crippen molar-refractivity contribution in [2.75, 3.05) is 33.2 Å². The second kappa shape index (κ2) is 9.89. The van der Waals surface area contributed by atoms with Crippen molar-refractivity contribution < 1.29 is 9.90 Å². The van der Waals surface area contributed by atoms with E-state index in [1.807, 2.05) is 6.92 Å². The lowest BCUT2D eigenvalue weighted by atomic mass is 10.3. The van der Waals surface area contributed by atoms with Gasteiger partial charge in [-0.05, 0) is 26.4 Å². The van der Waals surface area contributed by atoms with Crippen LogP contribution in [0.15, 0.2) is 0 Å². The Labute approximate surface area is 91.6 Å². The van der Waals surface area contributed by atoms with Gasteiger partial charge in [-0.2, -0.15) is 0 Å². The van der Waals surface area contributed by atoms with E-state index in [1.165, 1.54) is 0 Å². The summed E-state index contributed by atoms with van der Waals surface area (Å²) in [6.07, 6.45) is 1.39. The summed E-state index contributed by atoms with van der Waals surface area (Å²) in [5, 5.41) is 17.9. The Morgan fingerprint density at radius 1 is 1.40 bits per heavy atom. The molecule has 0 saturated carbocycles. The van der Waals surface area contributed by atoms with Crippen LogP contribution in [0.4, 0.5) is 0 Å². The number of hydrogen-bond donors (Lipinski definition) is 4. The number of carbonyl (C=O) groups excluding carboxylic acids is 1. The van der Waals surface area contributed by atoms with Gasteiger partial charge in [-0.15, -0.1) is 0 Å². The SMILES string of the molecule is CCC(O)CNCCCNC(=O)CNC. The molecule has 0 aromatic rings. The van der Waals surface area contributed by atoms with Gasteiger partial charge in [0.25, 0.3) is 0 Å². The molecule has 5 nitrogen and oxygen atoms in total. The second-order valence-electron chi connectivity index (χ2n) is 3.50. The highest BCUT2D eigenvalue weighted by atomic mass is 16.3. The summed E-state index contributed by atoms with van der Waals surface area (Å²) in [6.45, 7) is 4.43. The number of aliphatic hydroxyl groups is 1. The largest absolute Gasteiger partial charge is 0.392 e. The predicted molar refractivity (Wildman–Crippen MR) is 60.7 cm³/mol. The first-order chi connectivity index (χ1) is 7.20. The summed E-state index contributed by atoms with van der Waals surface area (Å²) < 4.78 is 0. The van der Waals surface area contributed by atoms with Gasteiger partial charge in [-0.3, -0.25) is 4.79 Å². The molecule has 1 amide bonds. The molecule has 4 N–H and O–H groups in total. The first-order valence-corrected chi connectivity index (χ1v) is 5.50. The van der Waals surface area contributed by atoms with Crippen molar-refractivity contribution in [3.05, 3.63) is 0 Å². The van der Waals surface area contributed by atoms with E-state index in [0.717, 1.165) is 19.4 Å². The molecule has 0 heterocycles. The highest BCUT2D eigenvalue weighted by Crippen LogP contribution is 1.86. The predicted octanol–water partition coefficient (Wildman–Crippen LogP) is -0.927. The van der Waals surface area contributed by atoms with Crippen molar-refractivity contribution in [3.63, 3.8) is 0 Å². The lowest BCUT2D eigenvalue weighted by molar-refractivity contribution is -0.120. The maximum atomic E-state index is 11.0. The monoisotopic (exact) mass is 217 g/mol. The molecule has 5 heteroatoms. The highest BCUT2D eigenvalue weighted by Gasteiger charge is 1.99. The molecule has 1 atom stereocenters. The van der Waals surface area contributed by atoms with Gasteiger partial charge in [0, 0.05) is 13.1 Å². The quantitative estimate of drug-likeness (QED) is 0.377. The normalized spacial score (nSPS) is 12.5. The first-order valence-electron chi connectivity index (χ1n) is 5.50. The zero-order chi connectivity index (χ0) is 11.5.